The van der Waals surface area contributed by atoms with Crippen LogP contribution in [0.25, 0.3) is 6.08 Å². The summed E-state index contributed by atoms with van der Waals surface area (Å²) >= 11 is 7.41. The van der Waals surface area contributed by atoms with Crippen molar-refractivity contribution in [2.45, 2.75) is 6.92 Å². The molecule has 0 radical (unpaired) electrons. The number of carbonyl (C=O) groups excluding carboxylic acids is 1. The molecule has 0 bridgehead atoms. The summed E-state index contributed by atoms with van der Waals surface area (Å²) in [6.07, 6.45) is 5.14. The van der Waals surface area contributed by atoms with Gasteiger partial charge in [0.05, 0.1) is 4.91 Å². The molecule has 138 valence electrons. The molecule has 0 saturated carbocycles. The van der Waals surface area contributed by atoms with Crippen molar-refractivity contribution in [2.24, 2.45) is 4.99 Å². The minimum Gasteiger partial charge on any atom is -0.490 e. The number of amidine groups is 1. The molecule has 1 saturated heterocycles. The van der Waals surface area contributed by atoms with Crippen LogP contribution < -0.4 is 4.74 Å². The number of aromatic nitrogens is 1. The summed E-state index contributed by atoms with van der Waals surface area (Å²) in [7, 11) is 0. The molecule has 0 aliphatic carbocycles. The monoisotopic (exact) mass is 399 g/mol. The molecule has 7 heteroatoms. The maximum Gasteiger partial charge on any atom is 0.266 e. The van der Waals surface area contributed by atoms with Crippen LogP contribution in [0.1, 0.15) is 12.5 Å². The summed E-state index contributed by atoms with van der Waals surface area (Å²) in [5, 5.41) is 0.899. The lowest BCUT2D eigenvalue weighted by atomic mass is 10.2. The number of halogens is 1. The highest BCUT2D eigenvalue weighted by Gasteiger charge is 2.32. The van der Waals surface area contributed by atoms with Crippen molar-refractivity contribution in [1.82, 2.24) is 9.88 Å². The Morgan fingerprint density at radius 1 is 1.33 bits per heavy atom. The van der Waals surface area contributed by atoms with Gasteiger partial charge in [-0.15, -0.1) is 0 Å². The van der Waals surface area contributed by atoms with Gasteiger partial charge >= 0.3 is 0 Å². The van der Waals surface area contributed by atoms with Crippen molar-refractivity contribution in [3.63, 3.8) is 0 Å². The molecule has 1 aliphatic rings. The first-order chi connectivity index (χ1) is 13.1. The fourth-order valence-electron chi connectivity index (χ4n) is 2.40. The van der Waals surface area contributed by atoms with Crippen molar-refractivity contribution in [3.05, 3.63) is 70.9 Å². The number of carbonyl (C=O) groups is 1. The molecular formula is C20H18ClN3O2S. The van der Waals surface area contributed by atoms with Crippen LogP contribution in [0.3, 0.4) is 0 Å². The summed E-state index contributed by atoms with van der Waals surface area (Å²) in [6, 6.07) is 11.1. The second-order valence-corrected chi connectivity index (χ2v) is 6.90. The van der Waals surface area contributed by atoms with E-state index in [9.17, 15) is 4.79 Å². The van der Waals surface area contributed by atoms with Crippen molar-refractivity contribution >= 4 is 46.2 Å². The van der Waals surface area contributed by atoms with Gasteiger partial charge in [0.2, 0.25) is 0 Å². The molecule has 1 fully saturated rings. The first-order valence-corrected chi connectivity index (χ1v) is 9.56. The van der Waals surface area contributed by atoms with Crippen LogP contribution in [0, 0.1) is 0 Å². The number of ether oxygens (including phenoxy) is 1. The molecule has 0 atom stereocenters. The third kappa shape index (κ3) is 4.59. The normalized spacial score (nSPS) is 17.0. The van der Waals surface area contributed by atoms with E-state index >= 15 is 0 Å². The van der Waals surface area contributed by atoms with Gasteiger partial charge in [-0.2, -0.15) is 0 Å². The van der Waals surface area contributed by atoms with Crippen LogP contribution in [-0.4, -0.2) is 34.1 Å². The first kappa shape index (κ1) is 19.2. The minimum atomic E-state index is -0.0757. The average Bonchev–Trinajstić information content (AvgIpc) is 2.97. The average molecular weight is 400 g/mol. The van der Waals surface area contributed by atoms with Gasteiger partial charge in [0, 0.05) is 12.7 Å². The second-order valence-electron chi connectivity index (χ2n) is 5.54. The smallest absolute Gasteiger partial charge is 0.266 e. The Labute approximate surface area is 167 Å². The fraction of sp³-hybridized carbons (Fsp3) is 0.150. The van der Waals surface area contributed by atoms with Gasteiger partial charge in [0.1, 0.15) is 18.0 Å². The predicted octanol–water partition coefficient (Wildman–Crippen LogP) is 4.92. The number of amides is 1. The Morgan fingerprint density at radius 3 is 2.78 bits per heavy atom. The first-order valence-electron chi connectivity index (χ1n) is 8.36. The summed E-state index contributed by atoms with van der Waals surface area (Å²) in [4.78, 5) is 23.5. The van der Waals surface area contributed by atoms with E-state index in [1.807, 2.05) is 37.3 Å². The largest absolute Gasteiger partial charge is 0.490 e. The molecule has 2 aromatic rings. The lowest BCUT2D eigenvalue weighted by Crippen LogP contribution is -2.28. The van der Waals surface area contributed by atoms with E-state index in [1.54, 1.807) is 29.3 Å². The zero-order valence-electron chi connectivity index (χ0n) is 14.8. The van der Waals surface area contributed by atoms with Gasteiger partial charge in [0.15, 0.2) is 10.3 Å². The lowest BCUT2D eigenvalue weighted by molar-refractivity contribution is -0.122. The van der Waals surface area contributed by atoms with Crippen LogP contribution in [-0.2, 0) is 4.79 Å². The van der Waals surface area contributed by atoms with Gasteiger partial charge in [0.25, 0.3) is 5.91 Å². The molecule has 0 unspecified atom stereocenters. The quantitative estimate of drug-likeness (QED) is 0.393. The Morgan fingerprint density at radius 2 is 2.11 bits per heavy atom. The SMILES string of the molecule is C=CCOc1ccc(/C=C2\SC(=Nc3cccnc3Cl)N(CC)C2=O)cc1. The molecule has 1 aromatic carbocycles. The number of benzene rings is 1. The van der Waals surface area contributed by atoms with E-state index in [1.165, 1.54) is 11.8 Å². The van der Waals surface area contributed by atoms with E-state index in [-0.39, 0.29) is 5.91 Å². The molecule has 0 N–H and O–H groups in total. The van der Waals surface area contributed by atoms with Crippen molar-refractivity contribution < 1.29 is 9.53 Å². The topological polar surface area (TPSA) is 54.8 Å². The zero-order chi connectivity index (χ0) is 19.2. The summed E-state index contributed by atoms with van der Waals surface area (Å²) in [5.74, 6) is 0.680. The van der Waals surface area contributed by atoms with Gasteiger partial charge in [-0.25, -0.2) is 9.98 Å². The molecule has 1 amide bonds. The van der Waals surface area contributed by atoms with Gasteiger partial charge in [-0.3, -0.25) is 9.69 Å². The highest BCUT2D eigenvalue weighted by Crippen LogP contribution is 2.35. The van der Waals surface area contributed by atoms with E-state index in [2.05, 4.69) is 16.6 Å². The molecule has 1 aromatic heterocycles. The Kier molecular flexibility index (Phi) is 6.32. The zero-order valence-corrected chi connectivity index (χ0v) is 16.3. The number of aliphatic imine (C=N–C) groups is 1. The fourth-order valence-corrected chi connectivity index (χ4v) is 3.62. The number of rotatable bonds is 6. The van der Waals surface area contributed by atoms with E-state index < -0.39 is 0 Å². The van der Waals surface area contributed by atoms with E-state index in [0.717, 1.165) is 11.3 Å². The molecule has 0 spiro atoms. The number of pyridine rings is 1. The summed E-state index contributed by atoms with van der Waals surface area (Å²) in [5.41, 5.74) is 1.45. The van der Waals surface area contributed by atoms with Gasteiger partial charge in [-0.1, -0.05) is 36.4 Å². The number of thioether (sulfide) groups is 1. The maximum absolute atomic E-state index is 12.7. The van der Waals surface area contributed by atoms with Crippen LogP contribution in [0.5, 0.6) is 5.75 Å². The van der Waals surface area contributed by atoms with Gasteiger partial charge < -0.3 is 4.74 Å². The van der Waals surface area contributed by atoms with E-state index in [4.69, 9.17) is 16.3 Å². The summed E-state index contributed by atoms with van der Waals surface area (Å²) < 4.78 is 5.47. The van der Waals surface area contributed by atoms with Crippen LogP contribution in [0.4, 0.5) is 5.69 Å². The van der Waals surface area contributed by atoms with Crippen LogP contribution in [0.2, 0.25) is 5.15 Å². The van der Waals surface area contributed by atoms with E-state index in [0.29, 0.717) is 34.1 Å². The molecule has 27 heavy (non-hydrogen) atoms. The Bertz CT molecular complexity index is 910. The number of likely N-dealkylation sites (N-methyl/N-ethyl adjacent to an activating group) is 1. The van der Waals surface area contributed by atoms with Crippen LogP contribution in [0.15, 0.2) is 65.1 Å². The summed E-state index contributed by atoms with van der Waals surface area (Å²) in [6.45, 7) is 6.51. The van der Waals surface area contributed by atoms with Crippen molar-refractivity contribution in [3.8, 4) is 5.75 Å². The number of hydrogen-bond donors (Lipinski definition) is 0. The third-order valence-corrected chi connectivity index (χ3v) is 5.00. The lowest BCUT2D eigenvalue weighted by Gasteiger charge is -2.12. The van der Waals surface area contributed by atoms with Crippen molar-refractivity contribution in [2.75, 3.05) is 13.2 Å². The molecule has 2 heterocycles. The van der Waals surface area contributed by atoms with Crippen molar-refractivity contribution in [1.29, 1.82) is 0 Å². The molecule has 1 aliphatic heterocycles. The predicted molar refractivity (Wildman–Crippen MR) is 111 cm³/mol. The molecule has 3 rings (SSSR count). The maximum atomic E-state index is 12.7. The molecule has 5 nitrogen and oxygen atoms in total. The van der Waals surface area contributed by atoms with Crippen LogP contribution >= 0.6 is 23.4 Å². The highest BCUT2D eigenvalue weighted by molar-refractivity contribution is 8.18. The van der Waals surface area contributed by atoms with Gasteiger partial charge in [-0.05, 0) is 54.6 Å². The second kappa shape index (κ2) is 8.88. The number of hydrogen-bond acceptors (Lipinski definition) is 5. The minimum absolute atomic E-state index is 0.0757. The Balaban J connectivity index is 1.84. The number of nitrogens with zero attached hydrogens (tertiary/aromatic N) is 3. The Hall–Kier alpha value is -2.57. The standard InChI is InChI=1S/C20H18ClN3O2S/c1-3-12-26-15-9-7-14(8-10-15)13-17-19(25)24(4-2)20(27-17)23-16-6-5-11-22-18(16)21/h3,5-11,13H,1,4,12H2,2H3/b17-13-,23-20?. The highest BCUT2D eigenvalue weighted by atomic mass is 35.5. The third-order valence-electron chi connectivity index (χ3n) is 3.71. The molecular weight excluding hydrogens is 382 g/mol.